The summed E-state index contributed by atoms with van der Waals surface area (Å²) in [5.74, 6) is 0.838. The van der Waals surface area contributed by atoms with Crippen molar-refractivity contribution in [1.82, 2.24) is 0 Å². The van der Waals surface area contributed by atoms with Crippen LogP contribution in [0.3, 0.4) is 0 Å². The van der Waals surface area contributed by atoms with Crippen molar-refractivity contribution in [3.63, 3.8) is 0 Å². The summed E-state index contributed by atoms with van der Waals surface area (Å²) in [6.07, 6.45) is 11.7. The van der Waals surface area contributed by atoms with Crippen molar-refractivity contribution in [1.29, 1.82) is 0 Å². The van der Waals surface area contributed by atoms with Gasteiger partial charge in [0.1, 0.15) is 7.85 Å². The fraction of sp³-hybridized carbons (Fsp3) is 0.750. The van der Waals surface area contributed by atoms with Gasteiger partial charge in [-0.25, -0.2) is 0 Å². The Labute approximate surface area is 58.8 Å². The lowest BCUT2D eigenvalue weighted by molar-refractivity contribution is 0.637. The zero-order chi connectivity index (χ0) is 6.53. The van der Waals surface area contributed by atoms with Crippen molar-refractivity contribution in [2.75, 3.05) is 0 Å². The molecule has 0 N–H and O–H groups in total. The first-order valence-corrected chi connectivity index (χ1v) is 4.06. The van der Waals surface area contributed by atoms with Crippen LogP contribution in [0.15, 0.2) is 12.2 Å². The summed E-state index contributed by atoms with van der Waals surface area (Å²) < 4.78 is 0. The molecule has 0 fully saturated rings. The van der Waals surface area contributed by atoms with Crippen LogP contribution in [0.2, 0.25) is 5.82 Å². The van der Waals surface area contributed by atoms with Gasteiger partial charge < -0.3 is 0 Å². The molecular formula is C8H15B. The second-order valence-corrected chi connectivity index (χ2v) is 3.04. The van der Waals surface area contributed by atoms with E-state index >= 15 is 0 Å². The minimum absolute atomic E-state index is 0.838. The van der Waals surface area contributed by atoms with Crippen LogP contribution in [0.25, 0.3) is 0 Å². The van der Waals surface area contributed by atoms with Crippen LogP contribution >= 0.6 is 0 Å². The maximum absolute atomic E-state index is 2.36. The number of hydrogen-bond donors (Lipinski definition) is 0. The molecule has 0 aromatic rings. The van der Waals surface area contributed by atoms with E-state index in [9.17, 15) is 0 Å². The van der Waals surface area contributed by atoms with Crippen LogP contribution < -0.4 is 0 Å². The van der Waals surface area contributed by atoms with E-state index in [2.05, 4.69) is 20.0 Å². The van der Waals surface area contributed by atoms with Crippen LogP contribution in [0.1, 0.15) is 32.1 Å². The number of rotatable bonds is 0. The summed E-state index contributed by atoms with van der Waals surface area (Å²) in [7, 11) is 2.31. The molecule has 0 aromatic heterocycles. The summed E-state index contributed by atoms with van der Waals surface area (Å²) in [6.45, 7) is 0. The summed E-state index contributed by atoms with van der Waals surface area (Å²) >= 11 is 0. The SMILES string of the molecule is BC1/C=C/CCCCC1. The van der Waals surface area contributed by atoms with Gasteiger partial charge in [0.15, 0.2) is 0 Å². The van der Waals surface area contributed by atoms with Gasteiger partial charge in [-0.05, 0) is 12.8 Å². The van der Waals surface area contributed by atoms with Gasteiger partial charge in [-0.15, -0.1) is 0 Å². The van der Waals surface area contributed by atoms with Gasteiger partial charge in [0.25, 0.3) is 0 Å². The van der Waals surface area contributed by atoms with Gasteiger partial charge in [-0.1, -0.05) is 37.2 Å². The van der Waals surface area contributed by atoms with Crippen LogP contribution in [-0.2, 0) is 0 Å². The molecule has 0 radical (unpaired) electrons. The first kappa shape index (κ1) is 6.92. The predicted molar refractivity (Wildman–Crippen MR) is 44.5 cm³/mol. The van der Waals surface area contributed by atoms with Crippen LogP contribution in [-0.4, -0.2) is 7.85 Å². The molecule has 0 aliphatic heterocycles. The van der Waals surface area contributed by atoms with Gasteiger partial charge in [0, 0.05) is 0 Å². The quantitative estimate of drug-likeness (QED) is 0.340. The summed E-state index contributed by atoms with van der Waals surface area (Å²) in [4.78, 5) is 0. The molecule has 1 aliphatic carbocycles. The lowest BCUT2D eigenvalue weighted by atomic mass is 9.81. The predicted octanol–water partition coefficient (Wildman–Crippen LogP) is 1.93. The summed E-state index contributed by atoms with van der Waals surface area (Å²) in [6, 6.07) is 0. The minimum atomic E-state index is 0.838. The third kappa shape index (κ3) is 2.74. The zero-order valence-corrected chi connectivity index (χ0v) is 6.27. The van der Waals surface area contributed by atoms with Gasteiger partial charge >= 0.3 is 0 Å². The average molecular weight is 122 g/mol. The molecule has 1 heteroatoms. The second kappa shape index (κ2) is 3.76. The largest absolute Gasteiger partial charge is 0.110 e. The van der Waals surface area contributed by atoms with Crippen molar-refractivity contribution >= 4 is 7.85 Å². The van der Waals surface area contributed by atoms with Gasteiger partial charge in [0.05, 0.1) is 0 Å². The highest BCUT2D eigenvalue weighted by Gasteiger charge is 1.98. The Bertz CT molecular complexity index is 96.7. The first-order chi connectivity index (χ1) is 4.39. The zero-order valence-electron chi connectivity index (χ0n) is 6.27. The average Bonchev–Trinajstić information content (AvgIpc) is 1.79. The molecule has 0 amide bonds. The third-order valence-electron chi connectivity index (χ3n) is 1.99. The second-order valence-electron chi connectivity index (χ2n) is 3.04. The molecule has 0 spiro atoms. The van der Waals surface area contributed by atoms with Crippen molar-refractivity contribution in [3.8, 4) is 0 Å². The van der Waals surface area contributed by atoms with Crippen LogP contribution in [0.4, 0.5) is 0 Å². The van der Waals surface area contributed by atoms with Gasteiger partial charge in [0.2, 0.25) is 0 Å². The molecule has 1 atom stereocenters. The highest BCUT2D eigenvalue weighted by molar-refractivity contribution is 6.12. The highest BCUT2D eigenvalue weighted by Crippen LogP contribution is 2.17. The Morgan fingerprint density at radius 2 is 2.11 bits per heavy atom. The molecule has 0 heterocycles. The van der Waals surface area contributed by atoms with Crippen molar-refractivity contribution in [3.05, 3.63) is 12.2 Å². The molecular weight excluding hydrogens is 107 g/mol. The standard InChI is InChI=1S/C8H15B/c9-8-6-4-2-1-3-5-7-8/h4,6,8H,1-3,5,7,9H2/b6-4+. The maximum atomic E-state index is 2.36. The lowest BCUT2D eigenvalue weighted by Gasteiger charge is -2.08. The summed E-state index contributed by atoms with van der Waals surface area (Å²) in [5.41, 5.74) is 0. The normalized spacial score (nSPS) is 32.7. The molecule has 9 heavy (non-hydrogen) atoms. The molecule has 0 aromatic carbocycles. The number of allylic oxidation sites excluding steroid dienone is 2. The van der Waals surface area contributed by atoms with E-state index in [1.54, 1.807) is 0 Å². The lowest BCUT2D eigenvalue weighted by Crippen LogP contribution is -1.90. The van der Waals surface area contributed by atoms with E-state index in [0.717, 1.165) is 5.82 Å². The molecule has 1 aliphatic rings. The Morgan fingerprint density at radius 1 is 1.22 bits per heavy atom. The van der Waals surface area contributed by atoms with E-state index in [1.807, 2.05) is 0 Å². The monoisotopic (exact) mass is 122 g/mol. The topological polar surface area (TPSA) is 0 Å². The van der Waals surface area contributed by atoms with E-state index < -0.39 is 0 Å². The summed E-state index contributed by atoms with van der Waals surface area (Å²) in [5, 5.41) is 0. The Morgan fingerprint density at radius 3 is 3.00 bits per heavy atom. The van der Waals surface area contributed by atoms with Gasteiger partial charge in [-0.3, -0.25) is 0 Å². The Balaban J connectivity index is 2.30. The molecule has 0 saturated carbocycles. The van der Waals surface area contributed by atoms with Crippen LogP contribution in [0, 0.1) is 0 Å². The van der Waals surface area contributed by atoms with Crippen LogP contribution in [0.5, 0.6) is 0 Å². The van der Waals surface area contributed by atoms with Crippen molar-refractivity contribution in [2.45, 2.75) is 37.9 Å². The molecule has 0 bridgehead atoms. The molecule has 1 unspecified atom stereocenters. The van der Waals surface area contributed by atoms with Crippen molar-refractivity contribution < 1.29 is 0 Å². The number of hydrogen-bond acceptors (Lipinski definition) is 0. The fourth-order valence-corrected chi connectivity index (χ4v) is 1.33. The third-order valence-corrected chi connectivity index (χ3v) is 1.99. The maximum Gasteiger partial charge on any atom is 0.110 e. The van der Waals surface area contributed by atoms with E-state index in [0.29, 0.717) is 0 Å². The smallest absolute Gasteiger partial charge is 0.0934 e. The van der Waals surface area contributed by atoms with Crippen molar-refractivity contribution in [2.24, 2.45) is 0 Å². The Kier molecular flexibility index (Phi) is 2.89. The minimum Gasteiger partial charge on any atom is -0.0934 e. The van der Waals surface area contributed by atoms with E-state index in [-0.39, 0.29) is 0 Å². The van der Waals surface area contributed by atoms with E-state index in [1.165, 1.54) is 32.1 Å². The first-order valence-electron chi connectivity index (χ1n) is 4.06. The highest BCUT2D eigenvalue weighted by atomic mass is 14.0. The molecule has 50 valence electrons. The Hall–Kier alpha value is -0.195. The molecule has 0 saturated heterocycles. The molecule has 1 rings (SSSR count). The van der Waals surface area contributed by atoms with Gasteiger partial charge in [-0.2, -0.15) is 0 Å². The molecule has 0 nitrogen and oxygen atoms in total. The fourth-order valence-electron chi connectivity index (χ4n) is 1.33. The van der Waals surface area contributed by atoms with E-state index in [4.69, 9.17) is 0 Å².